The largest absolute Gasteiger partial charge is 0.393 e. The summed E-state index contributed by atoms with van der Waals surface area (Å²) in [5.74, 6) is 0. The van der Waals surface area contributed by atoms with Crippen LogP contribution in [0.1, 0.15) is 23.0 Å². The molecule has 0 saturated carbocycles. The number of thiophene rings is 1. The first-order valence-electron chi connectivity index (χ1n) is 4.57. The molecule has 0 fully saturated rings. The number of hydrogen-bond donors (Lipinski definition) is 1. The molecule has 4 heteroatoms. The van der Waals surface area contributed by atoms with Gasteiger partial charge < -0.3 is 10.0 Å². The van der Waals surface area contributed by atoms with E-state index in [2.05, 4.69) is 0 Å². The van der Waals surface area contributed by atoms with Crippen LogP contribution in [0.2, 0.25) is 0 Å². The van der Waals surface area contributed by atoms with Crippen LogP contribution in [0.25, 0.3) is 0 Å². The van der Waals surface area contributed by atoms with Crippen LogP contribution in [0, 0.1) is 0 Å². The minimum Gasteiger partial charge on any atom is -0.393 e. The Hall–Kier alpha value is -0.870. The highest BCUT2D eigenvalue weighted by Crippen LogP contribution is 2.23. The molecule has 1 atom stereocenters. The number of hydrogen-bond acceptors (Lipinski definition) is 4. The van der Waals surface area contributed by atoms with Gasteiger partial charge >= 0.3 is 0 Å². The second kappa shape index (κ2) is 5.12. The Morgan fingerprint density at radius 2 is 2.36 bits per heavy atom. The Kier molecular flexibility index (Phi) is 4.10. The molecule has 0 aliphatic rings. The summed E-state index contributed by atoms with van der Waals surface area (Å²) >= 11 is 1.47. The zero-order chi connectivity index (χ0) is 10.6. The summed E-state index contributed by atoms with van der Waals surface area (Å²) < 4.78 is 0. The maximum Gasteiger partial charge on any atom is 0.160 e. The van der Waals surface area contributed by atoms with Gasteiger partial charge in [0.25, 0.3) is 0 Å². The maximum atomic E-state index is 10.5. The number of aliphatic hydroxyl groups is 1. The van der Waals surface area contributed by atoms with Crippen molar-refractivity contribution in [3.63, 3.8) is 0 Å². The van der Waals surface area contributed by atoms with Crippen molar-refractivity contribution < 1.29 is 9.90 Å². The molecule has 0 amide bonds. The highest BCUT2D eigenvalue weighted by atomic mass is 32.1. The summed E-state index contributed by atoms with van der Waals surface area (Å²) in [7, 11) is 1.96. The Balaban J connectivity index is 2.51. The number of nitrogens with zero attached hydrogens (tertiary/aromatic N) is 1. The molecule has 78 valence electrons. The van der Waals surface area contributed by atoms with Crippen LogP contribution < -0.4 is 4.90 Å². The fraction of sp³-hybridized carbons (Fsp3) is 0.500. The fourth-order valence-electron chi connectivity index (χ4n) is 1.10. The fourth-order valence-corrected chi connectivity index (χ4v) is 1.91. The van der Waals surface area contributed by atoms with E-state index in [9.17, 15) is 4.79 Å². The third kappa shape index (κ3) is 3.12. The van der Waals surface area contributed by atoms with Crippen molar-refractivity contribution in [1.82, 2.24) is 0 Å². The van der Waals surface area contributed by atoms with Gasteiger partial charge in [0.2, 0.25) is 0 Å². The number of carbonyl (C=O) groups is 1. The summed E-state index contributed by atoms with van der Waals surface area (Å²) in [6.07, 6.45) is 1.32. The second-order valence-corrected chi connectivity index (χ2v) is 4.45. The first kappa shape index (κ1) is 11.2. The zero-order valence-electron chi connectivity index (χ0n) is 8.43. The van der Waals surface area contributed by atoms with E-state index in [1.807, 2.05) is 24.1 Å². The van der Waals surface area contributed by atoms with Gasteiger partial charge in [0.15, 0.2) is 6.29 Å². The topological polar surface area (TPSA) is 40.5 Å². The predicted molar refractivity (Wildman–Crippen MR) is 59.3 cm³/mol. The third-order valence-corrected chi connectivity index (χ3v) is 3.11. The van der Waals surface area contributed by atoms with E-state index in [-0.39, 0.29) is 6.10 Å². The molecular weight excluding hydrogens is 198 g/mol. The molecule has 0 aromatic carbocycles. The standard InChI is InChI=1S/C10H15NO2S/c1-8(13)5-6-11(2)10-4-3-9(7-12)14-10/h3-4,7-8,13H,5-6H2,1-2H3. The highest BCUT2D eigenvalue weighted by molar-refractivity contribution is 7.17. The van der Waals surface area contributed by atoms with Crippen molar-refractivity contribution in [2.45, 2.75) is 19.4 Å². The molecule has 3 nitrogen and oxygen atoms in total. The van der Waals surface area contributed by atoms with Gasteiger partial charge in [-0.15, -0.1) is 11.3 Å². The van der Waals surface area contributed by atoms with Gasteiger partial charge in [-0.1, -0.05) is 0 Å². The SMILES string of the molecule is CC(O)CCN(C)c1ccc(C=O)s1. The summed E-state index contributed by atoms with van der Waals surface area (Å²) in [5.41, 5.74) is 0. The molecule has 0 bridgehead atoms. The van der Waals surface area contributed by atoms with Crippen LogP contribution in [-0.2, 0) is 0 Å². The maximum absolute atomic E-state index is 10.5. The number of rotatable bonds is 5. The molecular formula is C10H15NO2S. The van der Waals surface area contributed by atoms with Crippen LogP contribution in [0.3, 0.4) is 0 Å². The molecule has 0 spiro atoms. The number of anilines is 1. The predicted octanol–water partition coefficient (Wildman–Crippen LogP) is 1.77. The molecule has 1 unspecified atom stereocenters. The normalized spacial score (nSPS) is 12.5. The molecule has 1 heterocycles. The lowest BCUT2D eigenvalue weighted by atomic mass is 10.3. The zero-order valence-corrected chi connectivity index (χ0v) is 9.25. The molecule has 1 N–H and O–H groups in total. The Labute approximate surface area is 88.0 Å². The summed E-state index contributed by atoms with van der Waals surface area (Å²) in [6.45, 7) is 2.58. The lowest BCUT2D eigenvalue weighted by Gasteiger charge is -2.17. The molecule has 0 aliphatic carbocycles. The summed E-state index contributed by atoms with van der Waals surface area (Å²) in [4.78, 5) is 13.2. The molecule has 0 aliphatic heterocycles. The molecule has 1 aromatic rings. The van der Waals surface area contributed by atoms with Gasteiger partial charge in [-0.2, -0.15) is 0 Å². The molecule has 0 saturated heterocycles. The van der Waals surface area contributed by atoms with Crippen LogP contribution in [0.5, 0.6) is 0 Å². The van der Waals surface area contributed by atoms with Crippen LogP contribution >= 0.6 is 11.3 Å². The van der Waals surface area contributed by atoms with Gasteiger partial charge in [-0.3, -0.25) is 4.79 Å². The average Bonchev–Trinajstić information content (AvgIpc) is 2.62. The van der Waals surface area contributed by atoms with E-state index >= 15 is 0 Å². The van der Waals surface area contributed by atoms with Crippen molar-refractivity contribution >= 4 is 22.6 Å². The van der Waals surface area contributed by atoms with E-state index in [0.717, 1.165) is 29.1 Å². The third-order valence-electron chi connectivity index (χ3n) is 1.99. The van der Waals surface area contributed by atoms with Gasteiger partial charge in [0.1, 0.15) is 0 Å². The molecule has 1 aromatic heterocycles. The lowest BCUT2D eigenvalue weighted by molar-refractivity contribution is 0.112. The average molecular weight is 213 g/mol. The second-order valence-electron chi connectivity index (χ2n) is 3.35. The van der Waals surface area contributed by atoms with Crippen molar-refractivity contribution in [1.29, 1.82) is 0 Å². The first-order valence-corrected chi connectivity index (χ1v) is 5.39. The minimum absolute atomic E-state index is 0.275. The summed E-state index contributed by atoms with van der Waals surface area (Å²) in [6, 6.07) is 3.74. The van der Waals surface area contributed by atoms with E-state index in [0.29, 0.717) is 0 Å². The van der Waals surface area contributed by atoms with Gasteiger partial charge in [0, 0.05) is 13.6 Å². The quantitative estimate of drug-likeness (QED) is 0.758. The number of carbonyl (C=O) groups excluding carboxylic acids is 1. The van der Waals surface area contributed by atoms with Crippen molar-refractivity contribution in [2.24, 2.45) is 0 Å². The van der Waals surface area contributed by atoms with Gasteiger partial charge in [-0.25, -0.2) is 0 Å². The smallest absolute Gasteiger partial charge is 0.160 e. The molecule has 14 heavy (non-hydrogen) atoms. The lowest BCUT2D eigenvalue weighted by Crippen LogP contribution is -2.20. The van der Waals surface area contributed by atoms with Gasteiger partial charge in [-0.05, 0) is 25.5 Å². The van der Waals surface area contributed by atoms with Crippen molar-refractivity contribution in [2.75, 3.05) is 18.5 Å². The molecule has 1 rings (SSSR count). The van der Waals surface area contributed by atoms with Crippen LogP contribution in [0.4, 0.5) is 5.00 Å². The Bertz CT molecular complexity index is 296. The number of aliphatic hydroxyl groups excluding tert-OH is 1. The van der Waals surface area contributed by atoms with E-state index in [1.165, 1.54) is 11.3 Å². The van der Waals surface area contributed by atoms with E-state index < -0.39 is 0 Å². The Morgan fingerprint density at radius 1 is 1.64 bits per heavy atom. The van der Waals surface area contributed by atoms with Crippen molar-refractivity contribution in [3.05, 3.63) is 17.0 Å². The number of aldehydes is 1. The minimum atomic E-state index is -0.275. The van der Waals surface area contributed by atoms with Gasteiger partial charge in [0.05, 0.1) is 16.0 Å². The molecule has 0 radical (unpaired) electrons. The monoisotopic (exact) mass is 213 g/mol. The first-order chi connectivity index (χ1) is 6.63. The van der Waals surface area contributed by atoms with Crippen molar-refractivity contribution in [3.8, 4) is 0 Å². The van der Waals surface area contributed by atoms with E-state index in [4.69, 9.17) is 5.11 Å². The van der Waals surface area contributed by atoms with Crippen LogP contribution in [-0.4, -0.2) is 31.1 Å². The highest BCUT2D eigenvalue weighted by Gasteiger charge is 2.05. The van der Waals surface area contributed by atoms with E-state index in [1.54, 1.807) is 6.92 Å². The summed E-state index contributed by atoms with van der Waals surface area (Å²) in [5, 5.41) is 10.2. The Morgan fingerprint density at radius 3 is 2.86 bits per heavy atom. The van der Waals surface area contributed by atoms with Crippen LogP contribution in [0.15, 0.2) is 12.1 Å².